The highest BCUT2D eigenvalue weighted by atomic mass is 35.5. The minimum absolute atomic E-state index is 0.0867. The summed E-state index contributed by atoms with van der Waals surface area (Å²) in [5.74, 6) is 0.418. The van der Waals surface area contributed by atoms with Crippen LogP contribution in [0, 0.1) is 6.92 Å². The largest absolute Gasteiger partial charge is 0.455 e. The fourth-order valence-corrected chi connectivity index (χ4v) is 3.99. The third-order valence-corrected chi connectivity index (χ3v) is 6.02. The Labute approximate surface area is 180 Å². The first kappa shape index (κ1) is 21.8. The van der Waals surface area contributed by atoms with Gasteiger partial charge >= 0.3 is 0 Å². The van der Waals surface area contributed by atoms with Gasteiger partial charge in [-0.15, -0.1) is 0 Å². The molecule has 3 aromatic carbocycles. The molecule has 0 aliphatic rings. The lowest BCUT2D eigenvalue weighted by Gasteiger charge is -2.17. The molecule has 30 heavy (non-hydrogen) atoms. The number of amides is 1. The van der Waals surface area contributed by atoms with Gasteiger partial charge in [-0.25, -0.2) is 8.42 Å². The molecule has 8 heteroatoms. The van der Waals surface area contributed by atoms with Gasteiger partial charge < -0.3 is 10.1 Å². The van der Waals surface area contributed by atoms with Crippen LogP contribution in [0.1, 0.15) is 12.5 Å². The van der Waals surface area contributed by atoms with Crippen molar-refractivity contribution in [1.82, 2.24) is 4.72 Å². The zero-order chi connectivity index (χ0) is 21.7. The van der Waals surface area contributed by atoms with Crippen molar-refractivity contribution in [2.24, 2.45) is 0 Å². The number of carbonyl (C=O) groups is 1. The molecule has 0 unspecified atom stereocenters. The lowest BCUT2D eigenvalue weighted by molar-refractivity contribution is -0.117. The van der Waals surface area contributed by atoms with Crippen LogP contribution in [0.4, 0.5) is 5.69 Å². The highest BCUT2D eigenvalue weighted by Crippen LogP contribution is 2.32. The Balaban J connectivity index is 1.75. The highest BCUT2D eigenvalue weighted by molar-refractivity contribution is 7.89. The number of hydrogen-bond donors (Lipinski definition) is 2. The first-order chi connectivity index (χ1) is 14.2. The molecule has 1 atom stereocenters. The molecule has 0 spiro atoms. The number of halogens is 1. The standard InChI is InChI=1S/C22H21ClN2O4S/c1-15-8-11-19(12-9-15)30(27,28)25-16(2)22(26)24-20-14-17(23)10-13-21(20)29-18-6-4-3-5-7-18/h3-14,16,25H,1-2H3,(H,24,26)/t16-/m0/s1. The maximum Gasteiger partial charge on any atom is 0.242 e. The van der Waals surface area contributed by atoms with Crippen molar-refractivity contribution < 1.29 is 17.9 Å². The Morgan fingerprint density at radius 1 is 1.00 bits per heavy atom. The Bertz CT molecular complexity index is 1130. The van der Waals surface area contributed by atoms with Gasteiger partial charge in [0.15, 0.2) is 5.75 Å². The number of ether oxygens (including phenoxy) is 1. The fraction of sp³-hybridized carbons (Fsp3) is 0.136. The molecule has 3 aromatic rings. The quantitative estimate of drug-likeness (QED) is 0.551. The SMILES string of the molecule is Cc1ccc(S(=O)(=O)N[C@@H](C)C(=O)Nc2cc(Cl)ccc2Oc2ccccc2)cc1. The van der Waals surface area contributed by atoms with Gasteiger partial charge in [0.2, 0.25) is 15.9 Å². The van der Waals surface area contributed by atoms with Crippen LogP contribution in [0.15, 0.2) is 77.7 Å². The van der Waals surface area contributed by atoms with Gasteiger partial charge in [0.05, 0.1) is 16.6 Å². The van der Waals surface area contributed by atoms with Crippen molar-refractivity contribution in [1.29, 1.82) is 0 Å². The van der Waals surface area contributed by atoms with Gasteiger partial charge in [0.25, 0.3) is 0 Å². The smallest absolute Gasteiger partial charge is 0.242 e. The van der Waals surface area contributed by atoms with Crippen molar-refractivity contribution in [2.75, 3.05) is 5.32 Å². The number of carbonyl (C=O) groups excluding carboxylic acids is 1. The number of nitrogens with one attached hydrogen (secondary N) is 2. The molecule has 0 aliphatic heterocycles. The van der Waals surface area contributed by atoms with Crippen molar-refractivity contribution in [3.05, 3.63) is 83.4 Å². The Kier molecular flexibility index (Phi) is 6.77. The van der Waals surface area contributed by atoms with Crippen LogP contribution in [0.2, 0.25) is 5.02 Å². The Hall–Kier alpha value is -2.87. The van der Waals surface area contributed by atoms with Gasteiger partial charge in [-0.05, 0) is 56.3 Å². The van der Waals surface area contributed by atoms with Crippen molar-refractivity contribution in [3.63, 3.8) is 0 Å². The van der Waals surface area contributed by atoms with E-state index in [-0.39, 0.29) is 4.90 Å². The van der Waals surface area contributed by atoms with E-state index in [1.165, 1.54) is 19.1 Å². The maximum atomic E-state index is 12.7. The summed E-state index contributed by atoms with van der Waals surface area (Å²) in [7, 11) is -3.85. The van der Waals surface area contributed by atoms with E-state index < -0.39 is 22.0 Å². The average Bonchev–Trinajstić information content (AvgIpc) is 2.71. The van der Waals surface area contributed by atoms with Crippen LogP contribution in [0.3, 0.4) is 0 Å². The molecule has 0 aromatic heterocycles. The molecular formula is C22H21ClN2O4S. The van der Waals surface area contributed by atoms with Crippen LogP contribution in [0.5, 0.6) is 11.5 Å². The second-order valence-electron chi connectivity index (χ2n) is 6.70. The van der Waals surface area contributed by atoms with E-state index in [2.05, 4.69) is 10.0 Å². The number of sulfonamides is 1. The molecule has 156 valence electrons. The first-order valence-electron chi connectivity index (χ1n) is 9.17. The topological polar surface area (TPSA) is 84.5 Å². The summed E-state index contributed by atoms with van der Waals surface area (Å²) in [4.78, 5) is 12.7. The first-order valence-corrected chi connectivity index (χ1v) is 11.0. The molecule has 0 heterocycles. The molecule has 0 fully saturated rings. The number of hydrogen-bond acceptors (Lipinski definition) is 4. The number of aryl methyl sites for hydroxylation is 1. The van der Waals surface area contributed by atoms with Crippen molar-refractivity contribution in [2.45, 2.75) is 24.8 Å². The zero-order valence-corrected chi connectivity index (χ0v) is 18.0. The molecule has 2 N–H and O–H groups in total. The summed E-state index contributed by atoms with van der Waals surface area (Å²) in [5.41, 5.74) is 1.27. The molecular weight excluding hydrogens is 424 g/mol. The van der Waals surface area contributed by atoms with E-state index in [4.69, 9.17) is 16.3 Å². The Morgan fingerprint density at radius 2 is 1.67 bits per heavy atom. The van der Waals surface area contributed by atoms with Crippen molar-refractivity contribution >= 4 is 33.2 Å². The summed E-state index contributed by atoms with van der Waals surface area (Å²) in [6, 6.07) is 19.2. The second kappa shape index (κ2) is 9.30. The maximum absolute atomic E-state index is 12.7. The molecule has 0 bridgehead atoms. The fourth-order valence-electron chi connectivity index (χ4n) is 2.62. The van der Waals surface area contributed by atoms with Crippen LogP contribution in [0.25, 0.3) is 0 Å². The monoisotopic (exact) mass is 444 g/mol. The molecule has 0 radical (unpaired) electrons. The minimum Gasteiger partial charge on any atom is -0.455 e. The van der Waals surface area contributed by atoms with Gasteiger partial charge in [-0.3, -0.25) is 4.79 Å². The van der Waals surface area contributed by atoms with Crippen LogP contribution < -0.4 is 14.8 Å². The lowest BCUT2D eigenvalue weighted by Crippen LogP contribution is -2.41. The molecule has 0 saturated heterocycles. The molecule has 3 rings (SSSR count). The van der Waals surface area contributed by atoms with E-state index in [1.54, 1.807) is 42.5 Å². The van der Waals surface area contributed by atoms with Crippen molar-refractivity contribution in [3.8, 4) is 11.5 Å². The molecule has 1 amide bonds. The van der Waals surface area contributed by atoms with E-state index >= 15 is 0 Å². The average molecular weight is 445 g/mol. The summed E-state index contributed by atoms with van der Waals surface area (Å²) >= 11 is 6.06. The van der Waals surface area contributed by atoms with Crippen LogP contribution >= 0.6 is 11.6 Å². The molecule has 0 aliphatic carbocycles. The molecule has 0 saturated carbocycles. The number of rotatable bonds is 7. The third kappa shape index (κ3) is 5.60. The number of benzene rings is 3. The summed E-state index contributed by atoms with van der Waals surface area (Å²) in [6.45, 7) is 3.32. The predicted octanol–water partition coefficient (Wildman–Crippen LogP) is 4.75. The van der Waals surface area contributed by atoms with Crippen LogP contribution in [-0.2, 0) is 14.8 Å². The molecule has 6 nitrogen and oxygen atoms in total. The van der Waals surface area contributed by atoms with Gasteiger partial charge in [0, 0.05) is 5.02 Å². The third-order valence-electron chi connectivity index (χ3n) is 4.23. The number of para-hydroxylation sites is 1. The summed E-state index contributed by atoms with van der Waals surface area (Å²) in [6.07, 6.45) is 0. The Morgan fingerprint density at radius 3 is 2.33 bits per heavy atom. The predicted molar refractivity (Wildman–Crippen MR) is 118 cm³/mol. The normalized spacial score (nSPS) is 12.2. The van der Waals surface area contributed by atoms with Gasteiger partial charge in [-0.2, -0.15) is 4.72 Å². The van der Waals surface area contributed by atoms with Gasteiger partial charge in [-0.1, -0.05) is 47.5 Å². The number of anilines is 1. The van der Waals surface area contributed by atoms with Crippen LogP contribution in [-0.4, -0.2) is 20.4 Å². The van der Waals surface area contributed by atoms with E-state index in [9.17, 15) is 13.2 Å². The van der Waals surface area contributed by atoms with E-state index in [1.807, 2.05) is 25.1 Å². The minimum atomic E-state index is -3.85. The second-order valence-corrected chi connectivity index (χ2v) is 8.85. The van der Waals surface area contributed by atoms with E-state index in [0.29, 0.717) is 22.2 Å². The summed E-state index contributed by atoms with van der Waals surface area (Å²) in [5, 5.41) is 3.08. The highest BCUT2D eigenvalue weighted by Gasteiger charge is 2.23. The van der Waals surface area contributed by atoms with Gasteiger partial charge in [0.1, 0.15) is 5.75 Å². The summed E-state index contributed by atoms with van der Waals surface area (Å²) < 4.78 is 33.3. The lowest BCUT2D eigenvalue weighted by atomic mass is 10.2. The van der Waals surface area contributed by atoms with E-state index in [0.717, 1.165) is 5.56 Å². The zero-order valence-electron chi connectivity index (χ0n) is 16.4.